The van der Waals surface area contributed by atoms with Gasteiger partial charge in [0.2, 0.25) is 10.0 Å². The minimum atomic E-state index is -4.59. The molecule has 3 N–H and O–H groups in total. The van der Waals surface area contributed by atoms with Crippen molar-refractivity contribution in [2.24, 2.45) is 5.14 Å². The summed E-state index contributed by atoms with van der Waals surface area (Å²) in [4.78, 5) is 11.2. The van der Waals surface area contributed by atoms with E-state index in [0.29, 0.717) is 17.2 Å². The lowest BCUT2D eigenvalue weighted by molar-refractivity contribution is -0.140. The summed E-state index contributed by atoms with van der Waals surface area (Å²) in [5.41, 5.74) is -0.403. The van der Waals surface area contributed by atoms with Gasteiger partial charge in [-0.15, -0.1) is 0 Å². The average Bonchev–Trinajstić information content (AvgIpc) is 2.67. The highest BCUT2D eigenvalue weighted by molar-refractivity contribution is 7.89. The van der Waals surface area contributed by atoms with Crippen LogP contribution in [-0.2, 0) is 16.6 Å². The molecule has 0 unspecified atom stereocenters. The van der Waals surface area contributed by atoms with Crippen molar-refractivity contribution in [1.29, 1.82) is 0 Å². The van der Waals surface area contributed by atoms with Crippen molar-refractivity contribution >= 4 is 15.9 Å². The summed E-state index contributed by atoms with van der Waals surface area (Å²) in [5, 5.41) is 7.23. The number of halogens is 3. The Kier molecular flexibility index (Phi) is 4.81. The Bertz CT molecular complexity index is 593. The number of nitrogens with zero attached hydrogens (tertiary/aromatic N) is 1. The van der Waals surface area contributed by atoms with Crippen molar-refractivity contribution in [1.82, 2.24) is 9.88 Å². The van der Waals surface area contributed by atoms with Crippen LogP contribution in [-0.4, -0.2) is 31.6 Å². The Morgan fingerprint density at radius 2 is 2.05 bits per heavy atom. The smallest absolute Gasteiger partial charge is 0.351 e. The molecule has 0 aliphatic rings. The molecule has 0 aliphatic carbocycles. The van der Waals surface area contributed by atoms with E-state index < -0.39 is 39.2 Å². The van der Waals surface area contributed by atoms with E-state index in [2.05, 4.69) is 5.32 Å². The summed E-state index contributed by atoms with van der Waals surface area (Å²) in [7, 11) is -4.18. The Labute approximate surface area is 113 Å². The fourth-order valence-corrected chi connectivity index (χ4v) is 2.03. The Hall–Kier alpha value is -1.55. The Morgan fingerprint density at radius 1 is 1.45 bits per heavy atom. The van der Waals surface area contributed by atoms with Crippen molar-refractivity contribution in [3.05, 3.63) is 18.0 Å². The third kappa shape index (κ3) is 4.53. The maximum absolute atomic E-state index is 12.4. The molecule has 6 nitrogen and oxygen atoms in total. The van der Waals surface area contributed by atoms with Gasteiger partial charge in [0.1, 0.15) is 17.1 Å². The van der Waals surface area contributed by atoms with E-state index in [4.69, 9.17) is 5.14 Å². The zero-order valence-corrected chi connectivity index (χ0v) is 11.4. The molecule has 1 aromatic heterocycles. The summed E-state index contributed by atoms with van der Waals surface area (Å²) in [6.07, 6.45) is -3.30. The van der Waals surface area contributed by atoms with Gasteiger partial charge in [0.15, 0.2) is 0 Å². The van der Waals surface area contributed by atoms with Crippen LogP contribution in [0.1, 0.15) is 23.8 Å². The predicted octanol–water partition coefficient (Wildman–Crippen LogP) is 0.838. The van der Waals surface area contributed by atoms with Crippen molar-refractivity contribution in [3.8, 4) is 0 Å². The topological polar surface area (TPSA) is 94.2 Å². The Morgan fingerprint density at radius 3 is 2.50 bits per heavy atom. The molecule has 0 atom stereocenters. The van der Waals surface area contributed by atoms with E-state index in [0.717, 1.165) is 6.07 Å². The number of alkyl halides is 3. The third-order valence-electron chi connectivity index (χ3n) is 2.32. The van der Waals surface area contributed by atoms with E-state index in [1.54, 1.807) is 6.92 Å². The minimum absolute atomic E-state index is 0.265. The number of amides is 1. The second kappa shape index (κ2) is 5.83. The molecule has 0 saturated heterocycles. The van der Waals surface area contributed by atoms with E-state index in [1.807, 2.05) is 0 Å². The molecule has 10 heteroatoms. The van der Waals surface area contributed by atoms with Gasteiger partial charge in [0, 0.05) is 12.7 Å². The van der Waals surface area contributed by atoms with Gasteiger partial charge >= 0.3 is 6.18 Å². The number of hydrogen-bond donors (Lipinski definition) is 2. The zero-order valence-electron chi connectivity index (χ0n) is 10.6. The first-order valence-electron chi connectivity index (χ1n) is 5.62. The van der Waals surface area contributed by atoms with E-state index >= 15 is 0 Å². The molecule has 0 saturated carbocycles. The fourth-order valence-electron chi connectivity index (χ4n) is 1.48. The molecular formula is C10H14F3N3O3S. The van der Waals surface area contributed by atoms with Gasteiger partial charge < -0.3 is 9.88 Å². The number of primary sulfonamides is 1. The number of hydrogen-bond acceptors (Lipinski definition) is 3. The molecule has 0 aliphatic heterocycles. The van der Waals surface area contributed by atoms with Crippen LogP contribution >= 0.6 is 0 Å². The lowest BCUT2D eigenvalue weighted by Crippen LogP contribution is -2.28. The predicted molar refractivity (Wildman–Crippen MR) is 64.5 cm³/mol. The standard InChI is InChI=1S/C10H14F3N3O3S/c1-2-3-15-9(17)8-4-7(20(14,18)19)5-16(8)6-10(11,12)13/h4-5H,2-3,6H2,1H3,(H,15,17)(H2,14,18,19). The summed E-state index contributed by atoms with van der Waals surface area (Å²) in [5.74, 6) is -0.786. The monoisotopic (exact) mass is 313 g/mol. The minimum Gasteiger partial charge on any atom is -0.351 e. The SMILES string of the molecule is CCCNC(=O)c1cc(S(N)(=O)=O)cn1CC(F)(F)F. The van der Waals surface area contributed by atoms with Gasteiger partial charge in [-0.05, 0) is 12.5 Å². The normalized spacial score (nSPS) is 12.4. The summed E-state index contributed by atoms with van der Waals surface area (Å²) in [6.45, 7) is 0.558. The van der Waals surface area contributed by atoms with Crippen LogP contribution in [0.5, 0.6) is 0 Å². The van der Waals surface area contributed by atoms with Crippen molar-refractivity contribution in [3.63, 3.8) is 0 Å². The van der Waals surface area contributed by atoms with Gasteiger partial charge in [-0.1, -0.05) is 6.92 Å². The number of sulfonamides is 1. The number of nitrogens with one attached hydrogen (secondary N) is 1. The summed E-state index contributed by atoms with van der Waals surface area (Å²) < 4.78 is 60.1. The lowest BCUT2D eigenvalue weighted by Gasteiger charge is -2.11. The molecule has 0 aromatic carbocycles. The molecule has 20 heavy (non-hydrogen) atoms. The molecule has 1 aromatic rings. The van der Waals surface area contributed by atoms with Gasteiger partial charge in [-0.3, -0.25) is 4.79 Å². The van der Waals surface area contributed by atoms with Crippen LogP contribution in [0.2, 0.25) is 0 Å². The highest BCUT2D eigenvalue weighted by atomic mass is 32.2. The molecule has 114 valence electrons. The third-order valence-corrected chi connectivity index (χ3v) is 3.20. The van der Waals surface area contributed by atoms with Gasteiger partial charge in [0.05, 0.1) is 0 Å². The van der Waals surface area contributed by atoms with E-state index in [1.165, 1.54) is 0 Å². The second-order valence-corrected chi connectivity index (χ2v) is 5.67. The lowest BCUT2D eigenvalue weighted by atomic mass is 10.3. The highest BCUT2D eigenvalue weighted by Gasteiger charge is 2.31. The maximum atomic E-state index is 12.4. The number of nitrogens with two attached hydrogens (primary N) is 1. The summed E-state index contributed by atoms with van der Waals surface area (Å²) >= 11 is 0. The van der Waals surface area contributed by atoms with Crippen LogP contribution in [0, 0.1) is 0 Å². The van der Waals surface area contributed by atoms with Crippen LogP contribution in [0.25, 0.3) is 0 Å². The number of aromatic nitrogens is 1. The first-order chi connectivity index (χ1) is 9.04. The van der Waals surface area contributed by atoms with E-state index in [-0.39, 0.29) is 6.54 Å². The maximum Gasteiger partial charge on any atom is 0.406 e. The van der Waals surface area contributed by atoms with Gasteiger partial charge in [-0.25, -0.2) is 13.6 Å². The van der Waals surface area contributed by atoms with Crippen LogP contribution < -0.4 is 10.5 Å². The van der Waals surface area contributed by atoms with Gasteiger partial charge in [-0.2, -0.15) is 13.2 Å². The molecule has 0 spiro atoms. The van der Waals surface area contributed by atoms with Gasteiger partial charge in [0.25, 0.3) is 5.91 Å². The molecule has 1 rings (SSSR count). The Balaban J connectivity index is 3.19. The molecular weight excluding hydrogens is 299 g/mol. The van der Waals surface area contributed by atoms with Crippen LogP contribution in [0.3, 0.4) is 0 Å². The van der Waals surface area contributed by atoms with E-state index in [9.17, 15) is 26.4 Å². The quantitative estimate of drug-likeness (QED) is 0.843. The number of carbonyl (C=O) groups excluding carboxylic acids is 1. The average molecular weight is 313 g/mol. The fraction of sp³-hybridized carbons (Fsp3) is 0.500. The molecule has 0 radical (unpaired) electrons. The van der Waals surface area contributed by atoms with Crippen LogP contribution in [0.15, 0.2) is 17.2 Å². The zero-order chi connectivity index (χ0) is 15.6. The summed E-state index contributed by atoms with van der Waals surface area (Å²) in [6, 6.07) is 0.825. The first kappa shape index (κ1) is 16.5. The highest BCUT2D eigenvalue weighted by Crippen LogP contribution is 2.21. The van der Waals surface area contributed by atoms with Crippen LogP contribution in [0.4, 0.5) is 13.2 Å². The van der Waals surface area contributed by atoms with Crippen molar-refractivity contribution in [2.75, 3.05) is 6.54 Å². The molecule has 1 heterocycles. The molecule has 0 fully saturated rings. The van der Waals surface area contributed by atoms with Crippen molar-refractivity contribution < 1.29 is 26.4 Å². The first-order valence-corrected chi connectivity index (χ1v) is 7.17. The molecule has 0 bridgehead atoms. The largest absolute Gasteiger partial charge is 0.406 e. The second-order valence-electron chi connectivity index (χ2n) is 4.11. The number of carbonyl (C=O) groups is 1. The molecule has 1 amide bonds. The van der Waals surface area contributed by atoms with Crippen molar-refractivity contribution in [2.45, 2.75) is 31.0 Å². The number of rotatable bonds is 5.